The number of pyridine rings is 1. The lowest BCUT2D eigenvalue weighted by Crippen LogP contribution is -2.32. The Hall–Kier alpha value is -1.60. The van der Waals surface area contributed by atoms with E-state index >= 15 is 0 Å². The van der Waals surface area contributed by atoms with Gasteiger partial charge in [0.25, 0.3) is 0 Å². The third-order valence-electron chi connectivity index (χ3n) is 2.70. The molecule has 1 N–H and O–H groups in total. The summed E-state index contributed by atoms with van der Waals surface area (Å²) < 4.78 is 5.33. The average Bonchev–Trinajstić information content (AvgIpc) is 2.26. The zero-order valence-corrected chi connectivity index (χ0v) is 11.1. The standard InChI is InChI=1S/C13H19N3O/c1-9-6-12(11(7-14)10(2)16-9)15-8-13(3,4)17-5/h6H,8H2,1-5H3,(H,15,16). The van der Waals surface area contributed by atoms with Crippen LogP contribution in [-0.4, -0.2) is 24.2 Å². The van der Waals surface area contributed by atoms with E-state index in [9.17, 15) is 0 Å². The number of rotatable bonds is 4. The number of ether oxygens (including phenoxy) is 1. The molecule has 0 aliphatic heterocycles. The minimum absolute atomic E-state index is 0.266. The molecule has 1 aromatic heterocycles. The molecule has 17 heavy (non-hydrogen) atoms. The molecule has 92 valence electrons. The van der Waals surface area contributed by atoms with Crippen LogP contribution in [-0.2, 0) is 4.74 Å². The Morgan fingerprint density at radius 3 is 2.65 bits per heavy atom. The monoisotopic (exact) mass is 233 g/mol. The molecule has 0 saturated heterocycles. The summed E-state index contributed by atoms with van der Waals surface area (Å²) in [6.45, 7) is 8.39. The zero-order valence-electron chi connectivity index (χ0n) is 11.1. The molecule has 0 unspecified atom stereocenters. The lowest BCUT2D eigenvalue weighted by molar-refractivity contribution is 0.0344. The summed E-state index contributed by atoms with van der Waals surface area (Å²) in [7, 11) is 1.68. The highest BCUT2D eigenvalue weighted by Gasteiger charge is 2.17. The van der Waals surface area contributed by atoms with Crippen molar-refractivity contribution in [2.75, 3.05) is 19.0 Å². The lowest BCUT2D eigenvalue weighted by Gasteiger charge is -2.24. The molecular formula is C13H19N3O. The van der Waals surface area contributed by atoms with E-state index in [4.69, 9.17) is 10.00 Å². The maximum atomic E-state index is 9.12. The molecule has 0 amide bonds. The molecule has 0 saturated carbocycles. The van der Waals surface area contributed by atoms with Gasteiger partial charge in [-0.15, -0.1) is 0 Å². The first kappa shape index (κ1) is 13.5. The summed E-state index contributed by atoms with van der Waals surface area (Å²) in [5, 5.41) is 12.4. The molecule has 0 bridgehead atoms. The molecule has 0 aliphatic rings. The fraction of sp³-hybridized carbons (Fsp3) is 0.538. The summed E-state index contributed by atoms with van der Waals surface area (Å²) in [5.74, 6) is 0. The second-order valence-corrected chi connectivity index (χ2v) is 4.70. The minimum atomic E-state index is -0.266. The van der Waals surface area contributed by atoms with Gasteiger partial charge >= 0.3 is 0 Å². The Balaban J connectivity index is 2.95. The van der Waals surface area contributed by atoms with Crippen molar-refractivity contribution >= 4 is 5.69 Å². The van der Waals surface area contributed by atoms with Gasteiger partial charge in [0.15, 0.2) is 0 Å². The van der Waals surface area contributed by atoms with Crippen LogP contribution in [0.25, 0.3) is 0 Å². The largest absolute Gasteiger partial charge is 0.381 e. The van der Waals surface area contributed by atoms with Crippen molar-refractivity contribution in [1.82, 2.24) is 4.98 Å². The molecule has 0 fully saturated rings. The van der Waals surface area contributed by atoms with E-state index in [1.54, 1.807) is 7.11 Å². The molecule has 0 spiro atoms. The van der Waals surface area contributed by atoms with Gasteiger partial charge < -0.3 is 10.1 Å². The maximum Gasteiger partial charge on any atom is 0.103 e. The number of hydrogen-bond acceptors (Lipinski definition) is 4. The fourth-order valence-corrected chi connectivity index (χ4v) is 1.49. The predicted octanol–water partition coefficient (Wildman–Crippen LogP) is 2.41. The second kappa shape index (κ2) is 5.15. The van der Waals surface area contributed by atoms with Crippen molar-refractivity contribution in [2.45, 2.75) is 33.3 Å². The van der Waals surface area contributed by atoms with Gasteiger partial charge in [-0.1, -0.05) is 0 Å². The van der Waals surface area contributed by atoms with Gasteiger partial charge in [-0.2, -0.15) is 5.26 Å². The third kappa shape index (κ3) is 3.43. The summed E-state index contributed by atoms with van der Waals surface area (Å²) in [4.78, 5) is 4.28. The van der Waals surface area contributed by atoms with Gasteiger partial charge in [-0.05, 0) is 33.8 Å². The first-order valence-corrected chi connectivity index (χ1v) is 5.57. The maximum absolute atomic E-state index is 9.12. The Labute approximate surface area is 103 Å². The first-order chi connectivity index (χ1) is 7.89. The van der Waals surface area contributed by atoms with E-state index in [2.05, 4.69) is 16.4 Å². The van der Waals surface area contributed by atoms with Crippen molar-refractivity contribution in [3.05, 3.63) is 23.0 Å². The second-order valence-electron chi connectivity index (χ2n) is 4.70. The van der Waals surface area contributed by atoms with Gasteiger partial charge in [-0.25, -0.2) is 0 Å². The van der Waals surface area contributed by atoms with Gasteiger partial charge in [0, 0.05) is 19.3 Å². The van der Waals surface area contributed by atoms with Crippen LogP contribution in [0.3, 0.4) is 0 Å². The molecular weight excluding hydrogens is 214 g/mol. The highest BCUT2D eigenvalue weighted by Crippen LogP contribution is 2.20. The lowest BCUT2D eigenvalue weighted by atomic mass is 10.1. The molecule has 1 heterocycles. The first-order valence-electron chi connectivity index (χ1n) is 5.57. The Morgan fingerprint density at radius 1 is 1.47 bits per heavy atom. The van der Waals surface area contributed by atoms with E-state index in [0.29, 0.717) is 12.1 Å². The molecule has 0 aromatic carbocycles. The highest BCUT2D eigenvalue weighted by molar-refractivity contribution is 5.59. The van der Waals surface area contributed by atoms with Crippen molar-refractivity contribution in [2.24, 2.45) is 0 Å². The van der Waals surface area contributed by atoms with Crippen LogP contribution in [0.4, 0.5) is 5.69 Å². The van der Waals surface area contributed by atoms with Gasteiger partial charge in [0.05, 0.1) is 22.5 Å². The Bertz CT molecular complexity index is 447. The van der Waals surface area contributed by atoms with Gasteiger partial charge in [0.1, 0.15) is 6.07 Å². The van der Waals surface area contributed by atoms with Crippen LogP contribution in [0.15, 0.2) is 6.07 Å². The van der Waals surface area contributed by atoms with Crippen molar-refractivity contribution in [3.63, 3.8) is 0 Å². The topological polar surface area (TPSA) is 57.9 Å². The summed E-state index contributed by atoms with van der Waals surface area (Å²) >= 11 is 0. The third-order valence-corrected chi connectivity index (χ3v) is 2.70. The number of hydrogen-bond donors (Lipinski definition) is 1. The molecule has 0 radical (unpaired) electrons. The minimum Gasteiger partial charge on any atom is -0.381 e. The molecule has 1 rings (SSSR count). The zero-order chi connectivity index (χ0) is 13.1. The van der Waals surface area contributed by atoms with Crippen LogP contribution in [0.5, 0.6) is 0 Å². The van der Waals surface area contributed by atoms with Gasteiger partial charge in [-0.3, -0.25) is 4.98 Å². The predicted molar refractivity (Wildman–Crippen MR) is 68.0 cm³/mol. The SMILES string of the molecule is COC(C)(C)CNc1cc(C)nc(C)c1C#N. The van der Waals surface area contributed by atoms with Crippen LogP contribution in [0.1, 0.15) is 30.8 Å². The molecule has 4 nitrogen and oxygen atoms in total. The van der Waals surface area contributed by atoms with Crippen molar-refractivity contribution < 1.29 is 4.74 Å². The smallest absolute Gasteiger partial charge is 0.103 e. The number of nitrogens with one attached hydrogen (secondary N) is 1. The quantitative estimate of drug-likeness (QED) is 0.867. The number of methoxy groups -OCH3 is 1. The van der Waals surface area contributed by atoms with Crippen LogP contribution < -0.4 is 5.32 Å². The van der Waals surface area contributed by atoms with Crippen molar-refractivity contribution in [1.29, 1.82) is 5.26 Å². The molecule has 4 heteroatoms. The van der Waals surface area contributed by atoms with Gasteiger partial charge in [0.2, 0.25) is 0 Å². The Morgan fingerprint density at radius 2 is 2.12 bits per heavy atom. The van der Waals surface area contributed by atoms with Crippen molar-refractivity contribution in [3.8, 4) is 6.07 Å². The van der Waals surface area contributed by atoms with E-state index in [-0.39, 0.29) is 5.60 Å². The average molecular weight is 233 g/mol. The van der Waals surface area contributed by atoms with E-state index in [0.717, 1.165) is 17.1 Å². The number of aromatic nitrogens is 1. The van der Waals surface area contributed by atoms with E-state index < -0.39 is 0 Å². The van der Waals surface area contributed by atoms with Crippen LogP contribution in [0.2, 0.25) is 0 Å². The number of nitrogens with zero attached hydrogens (tertiary/aromatic N) is 2. The normalized spacial score (nSPS) is 11.1. The summed E-state index contributed by atoms with van der Waals surface area (Å²) in [5.41, 5.74) is 2.81. The Kier molecular flexibility index (Phi) is 4.08. The fourth-order valence-electron chi connectivity index (χ4n) is 1.49. The molecule has 0 aliphatic carbocycles. The van der Waals surface area contributed by atoms with Crippen LogP contribution in [0, 0.1) is 25.2 Å². The van der Waals surface area contributed by atoms with Crippen LogP contribution >= 0.6 is 0 Å². The number of anilines is 1. The van der Waals surface area contributed by atoms with E-state index in [1.165, 1.54) is 0 Å². The molecule has 0 atom stereocenters. The summed E-state index contributed by atoms with van der Waals surface area (Å²) in [6.07, 6.45) is 0. The molecule has 1 aromatic rings. The number of nitriles is 1. The summed E-state index contributed by atoms with van der Waals surface area (Å²) in [6, 6.07) is 4.07. The number of aryl methyl sites for hydroxylation is 2. The van der Waals surface area contributed by atoms with E-state index in [1.807, 2.05) is 33.8 Å². The highest BCUT2D eigenvalue weighted by atomic mass is 16.5.